The van der Waals surface area contributed by atoms with Crippen molar-refractivity contribution in [3.05, 3.63) is 0 Å². The summed E-state index contributed by atoms with van der Waals surface area (Å²) in [5, 5.41) is 8.96. The van der Waals surface area contributed by atoms with Crippen LogP contribution in [0.5, 0.6) is 0 Å². The number of carboxylic acids is 1. The van der Waals surface area contributed by atoms with Gasteiger partial charge in [-0.05, 0) is 25.7 Å². The smallest absolute Gasteiger partial charge is 0.306 e. The first-order valence-electron chi connectivity index (χ1n) is 7.35. The summed E-state index contributed by atoms with van der Waals surface area (Å²) in [5.74, 6) is -0.902. The SMILES string of the molecule is COCCN(CC(=O)N1CCC(C(=O)O)CC1)C1CC1. The molecule has 0 unspecified atom stereocenters. The highest BCUT2D eigenvalue weighted by Crippen LogP contribution is 2.26. The molecule has 6 nitrogen and oxygen atoms in total. The van der Waals surface area contributed by atoms with E-state index in [1.54, 1.807) is 7.11 Å². The number of piperidine rings is 1. The average Bonchev–Trinajstić information content (AvgIpc) is 3.27. The van der Waals surface area contributed by atoms with Crippen molar-refractivity contribution in [1.29, 1.82) is 0 Å². The number of amides is 1. The number of likely N-dealkylation sites (tertiary alicyclic amines) is 1. The molecule has 0 aromatic carbocycles. The number of nitrogens with zero attached hydrogens (tertiary/aromatic N) is 2. The van der Waals surface area contributed by atoms with Crippen LogP contribution in [-0.2, 0) is 14.3 Å². The zero-order valence-corrected chi connectivity index (χ0v) is 12.1. The Hall–Kier alpha value is -1.14. The first-order chi connectivity index (χ1) is 9.61. The van der Waals surface area contributed by atoms with Crippen molar-refractivity contribution in [1.82, 2.24) is 9.80 Å². The van der Waals surface area contributed by atoms with Crippen molar-refractivity contribution in [3.8, 4) is 0 Å². The Kier molecular flexibility index (Phi) is 5.37. The molecule has 1 aliphatic heterocycles. The zero-order chi connectivity index (χ0) is 14.5. The number of methoxy groups -OCH3 is 1. The summed E-state index contributed by atoms with van der Waals surface area (Å²) < 4.78 is 5.09. The third kappa shape index (κ3) is 4.18. The molecule has 1 saturated heterocycles. The maximum atomic E-state index is 12.3. The highest BCUT2D eigenvalue weighted by molar-refractivity contribution is 5.79. The van der Waals surface area contributed by atoms with Crippen molar-refractivity contribution in [3.63, 3.8) is 0 Å². The van der Waals surface area contributed by atoms with Gasteiger partial charge in [-0.25, -0.2) is 0 Å². The van der Waals surface area contributed by atoms with Crippen LogP contribution in [0.2, 0.25) is 0 Å². The van der Waals surface area contributed by atoms with Gasteiger partial charge in [0.2, 0.25) is 5.91 Å². The molecule has 2 aliphatic rings. The van der Waals surface area contributed by atoms with Gasteiger partial charge in [0.05, 0.1) is 19.1 Å². The molecule has 0 atom stereocenters. The van der Waals surface area contributed by atoms with E-state index in [0.717, 1.165) is 19.4 Å². The molecule has 2 rings (SSSR count). The van der Waals surface area contributed by atoms with E-state index in [9.17, 15) is 9.59 Å². The van der Waals surface area contributed by atoms with Crippen LogP contribution in [-0.4, -0.2) is 72.7 Å². The van der Waals surface area contributed by atoms with E-state index >= 15 is 0 Å². The molecule has 6 heteroatoms. The summed E-state index contributed by atoms with van der Waals surface area (Å²) in [6.07, 6.45) is 3.47. The van der Waals surface area contributed by atoms with Crippen LogP contribution in [0.25, 0.3) is 0 Å². The molecule has 1 heterocycles. The first kappa shape index (κ1) is 15.3. The lowest BCUT2D eigenvalue weighted by Crippen LogP contribution is -2.46. The molecule has 0 radical (unpaired) electrons. The standard InChI is InChI=1S/C14H24N2O4/c1-20-9-8-16(12-2-3-12)10-13(17)15-6-4-11(5-7-15)14(18)19/h11-12H,2-10H2,1H3,(H,18,19). The molecule has 114 valence electrons. The minimum absolute atomic E-state index is 0.122. The van der Waals surface area contributed by atoms with Gasteiger partial charge in [-0.15, -0.1) is 0 Å². The van der Waals surface area contributed by atoms with Crippen molar-refractivity contribution in [2.24, 2.45) is 5.92 Å². The molecular formula is C14H24N2O4. The van der Waals surface area contributed by atoms with E-state index < -0.39 is 5.97 Å². The van der Waals surface area contributed by atoms with Crippen molar-refractivity contribution >= 4 is 11.9 Å². The molecule has 0 aromatic heterocycles. The number of carbonyl (C=O) groups excluding carboxylic acids is 1. The topological polar surface area (TPSA) is 70.1 Å². The average molecular weight is 284 g/mol. The van der Waals surface area contributed by atoms with E-state index in [0.29, 0.717) is 45.1 Å². The van der Waals surface area contributed by atoms with Crippen molar-refractivity contribution < 1.29 is 19.4 Å². The van der Waals surface area contributed by atoms with Crippen LogP contribution < -0.4 is 0 Å². The van der Waals surface area contributed by atoms with E-state index in [1.165, 1.54) is 0 Å². The monoisotopic (exact) mass is 284 g/mol. The molecule has 1 N–H and O–H groups in total. The molecule has 1 aliphatic carbocycles. The predicted molar refractivity (Wildman–Crippen MR) is 73.4 cm³/mol. The van der Waals surface area contributed by atoms with Gasteiger partial charge >= 0.3 is 5.97 Å². The quantitative estimate of drug-likeness (QED) is 0.734. The number of hydrogen-bond donors (Lipinski definition) is 1. The van der Waals surface area contributed by atoms with Gasteiger partial charge in [0.15, 0.2) is 0 Å². The van der Waals surface area contributed by atoms with E-state index in [2.05, 4.69) is 4.90 Å². The molecule has 2 fully saturated rings. The van der Waals surface area contributed by atoms with E-state index in [-0.39, 0.29) is 11.8 Å². The Bertz CT molecular complexity index is 349. The molecule has 1 saturated carbocycles. The third-order valence-electron chi connectivity index (χ3n) is 4.18. The maximum Gasteiger partial charge on any atom is 0.306 e. The summed E-state index contributed by atoms with van der Waals surface area (Å²) in [7, 11) is 1.67. The highest BCUT2D eigenvalue weighted by atomic mass is 16.5. The van der Waals surface area contributed by atoms with Crippen LogP contribution in [0.1, 0.15) is 25.7 Å². The van der Waals surface area contributed by atoms with Crippen molar-refractivity contribution in [2.45, 2.75) is 31.7 Å². The number of carboxylic acid groups (broad SMARTS) is 1. The van der Waals surface area contributed by atoms with Crippen LogP contribution in [0.3, 0.4) is 0 Å². The maximum absolute atomic E-state index is 12.3. The summed E-state index contributed by atoms with van der Waals surface area (Å²) >= 11 is 0. The lowest BCUT2D eigenvalue weighted by molar-refractivity contribution is -0.146. The van der Waals surface area contributed by atoms with E-state index in [4.69, 9.17) is 9.84 Å². The molecule has 1 amide bonds. The Morgan fingerprint density at radius 2 is 1.90 bits per heavy atom. The number of carbonyl (C=O) groups is 2. The molecule has 0 spiro atoms. The van der Waals surface area contributed by atoms with Crippen LogP contribution in [0.15, 0.2) is 0 Å². The minimum Gasteiger partial charge on any atom is -0.481 e. The fraction of sp³-hybridized carbons (Fsp3) is 0.857. The number of ether oxygens (including phenoxy) is 1. The fourth-order valence-corrected chi connectivity index (χ4v) is 2.69. The predicted octanol–water partition coefficient (Wildman–Crippen LogP) is 0.420. The summed E-state index contributed by atoms with van der Waals surface area (Å²) in [4.78, 5) is 27.2. The fourth-order valence-electron chi connectivity index (χ4n) is 2.69. The second-order valence-corrected chi connectivity index (χ2v) is 5.69. The summed E-state index contributed by atoms with van der Waals surface area (Å²) in [5.41, 5.74) is 0. The van der Waals surface area contributed by atoms with Gasteiger partial charge in [-0.2, -0.15) is 0 Å². The second kappa shape index (κ2) is 7.04. The van der Waals surface area contributed by atoms with Gasteiger partial charge in [-0.3, -0.25) is 14.5 Å². The van der Waals surface area contributed by atoms with E-state index in [1.807, 2.05) is 4.90 Å². The normalized spacial score (nSPS) is 20.4. The van der Waals surface area contributed by atoms with Crippen molar-refractivity contribution in [2.75, 3.05) is 39.9 Å². The molecular weight excluding hydrogens is 260 g/mol. The third-order valence-corrected chi connectivity index (χ3v) is 4.18. The zero-order valence-electron chi connectivity index (χ0n) is 12.1. The number of aliphatic carboxylic acids is 1. The Morgan fingerprint density at radius 1 is 1.25 bits per heavy atom. The lowest BCUT2D eigenvalue weighted by Gasteiger charge is -2.32. The highest BCUT2D eigenvalue weighted by Gasteiger charge is 2.32. The first-order valence-corrected chi connectivity index (χ1v) is 7.35. The Balaban J connectivity index is 1.77. The summed E-state index contributed by atoms with van der Waals surface area (Å²) in [6, 6.07) is 0.533. The summed E-state index contributed by atoms with van der Waals surface area (Å²) in [6.45, 7) is 3.01. The van der Waals surface area contributed by atoms with Gasteiger partial charge in [0.1, 0.15) is 0 Å². The number of hydrogen-bond acceptors (Lipinski definition) is 4. The van der Waals surface area contributed by atoms with Gasteiger partial charge < -0.3 is 14.7 Å². The Labute approximate surface area is 119 Å². The molecule has 0 bridgehead atoms. The van der Waals surface area contributed by atoms with Gasteiger partial charge in [0.25, 0.3) is 0 Å². The Morgan fingerprint density at radius 3 is 2.40 bits per heavy atom. The second-order valence-electron chi connectivity index (χ2n) is 5.69. The van der Waals surface area contributed by atoms with Crippen LogP contribution in [0, 0.1) is 5.92 Å². The molecule has 20 heavy (non-hydrogen) atoms. The number of rotatable bonds is 7. The largest absolute Gasteiger partial charge is 0.481 e. The lowest BCUT2D eigenvalue weighted by atomic mass is 9.97. The van der Waals surface area contributed by atoms with Crippen LogP contribution >= 0.6 is 0 Å². The van der Waals surface area contributed by atoms with Gasteiger partial charge in [-0.1, -0.05) is 0 Å². The van der Waals surface area contributed by atoms with Crippen LogP contribution in [0.4, 0.5) is 0 Å². The van der Waals surface area contributed by atoms with Gasteiger partial charge in [0, 0.05) is 32.8 Å². The minimum atomic E-state index is -0.739. The molecule has 0 aromatic rings.